The first-order chi connectivity index (χ1) is 9.42. The Bertz CT molecular complexity index is 557. The molecule has 1 saturated heterocycles. The number of carbonyl (C=O) groups excluding carboxylic acids is 1. The number of hydrogen-bond donors (Lipinski definition) is 0. The molecule has 1 aromatic rings. The van der Waals surface area contributed by atoms with Crippen LogP contribution >= 0.6 is 0 Å². The van der Waals surface area contributed by atoms with Crippen LogP contribution in [0.1, 0.15) is 44.7 Å². The van der Waals surface area contributed by atoms with Gasteiger partial charge in [0.1, 0.15) is 0 Å². The van der Waals surface area contributed by atoms with E-state index in [0.717, 1.165) is 25.9 Å². The lowest BCUT2D eigenvalue weighted by molar-refractivity contribution is -0.140. The van der Waals surface area contributed by atoms with Crippen molar-refractivity contribution in [2.24, 2.45) is 5.41 Å². The van der Waals surface area contributed by atoms with Gasteiger partial charge in [0, 0.05) is 23.9 Å². The second-order valence-corrected chi connectivity index (χ2v) is 7.12. The number of piperidine rings is 1. The van der Waals surface area contributed by atoms with E-state index in [9.17, 15) is 4.79 Å². The van der Waals surface area contributed by atoms with Crippen molar-refractivity contribution in [1.82, 2.24) is 4.90 Å². The summed E-state index contributed by atoms with van der Waals surface area (Å²) in [5.41, 5.74) is 2.70. The van der Waals surface area contributed by atoms with Gasteiger partial charge in [-0.15, -0.1) is 0 Å². The number of allylic oxidation sites excluding steroid dienone is 1. The molecule has 20 heavy (non-hydrogen) atoms. The highest BCUT2D eigenvalue weighted by molar-refractivity contribution is 5.81. The summed E-state index contributed by atoms with van der Waals surface area (Å²) in [6.45, 7) is 7.75. The van der Waals surface area contributed by atoms with Gasteiger partial charge in [0.2, 0.25) is 5.91 Å². The van der Waals surface area contributed by atoms with Crippen LogP contribution in [-0.4, -0.2) is 23.9 Å². The van der Waals surface area contributed by atoms with E-state index < -0.39 is 0 Å². The molecule has 2 aliphatic rings. The van der Waals surface area contributed by atoms with E-state index in [1.807, 2.05) is 25.7 Å². The maximum absolute atomic E-state index is 12.4. The van der Waals surface area contributed by atoms with Crippen molar-refractivity contribution < 1.29 is 4.79 Å². The van der Waals surface area contributed by atoms with Crippen LogP contribution in [0, 0.1) is 5.41 Å². The number of rotatable bonds is 0. The number of carbonyl (C=O) groups is 1. The third kappa shape index (κ3) is 2.07. The minimum atomic E-state index is -0.270. The molecule has 0 atom stereocenters. The zero-order valence-electron chi connectivity index (χ0n) is 12.6. The van der Waals surface area contributed by atoms with Crippen LogP contribution in [0.2, 0.25) is 0 Å². The summed E-state index contributed by atoms with van der Waals surface area (Å²) in [5, 5.41) is 0. The van der Waals surface area contributed by atoms with Gasteiger partial charge in [-0.2, -0.15) is 0 Å². The van der Waals surface area contributed by atoms with E-state index in [2.05, 4.69) is 36.4 Å². The predicted octanol–water partition coefficient (Wildman–Crippen LogP) is 3.62. The predicted molar refractivity (Wildman–Crippen MR) is 82.4 cm³/mol. The van der Waals surface area contributed by atoms with Crippen molar-refractivity contribution in [3.8, 4) is 0 Å². The van der Waals surface area contributed by atoms with Crippen LogP contribution in [0.15, 0.2) is 30.3 Å². The molecule has 0 N–H and O–H groups in total. The van der Waals surface area contributed by atoms with Gasteiger partial charge in [-0.3, -0.25) is 4.79 Å². The monoisotopic (exact) mass is 269 g/mol. The van der Waals surface area contributed by atoms with E-state index in [0.29, 0.717) is 0 Å². The zero-order valence-corrected chi connectivity index (χ0v) is 12.6. The molecule has 2 nitrogen and oxygen atoms in total. The molecule has 1 amide bonds. The standard InChI is InChI=1S/C18H23NO/c1-17(2,3)16(20)19-12-10-18(11-13-19)9-8-14-6-4-5-7-15(14)18/h4-9H,10-13H2,1-3H3. The summed E-state index contributed by atoms with van der Waals surface area (Å²) in [4.78, 5) is 14.4. The van der Waals surface area contributed by atoms with Gasteiger partial charge < -0.3 is 4.90 Å². The highest BCUT2D eigenvalue weighted by Crippen LogP contribution is 2.43. The van der Waals surface area contributed by atoms with E-state index >= 15 is 0 Å². The molecule has 1 heterocycles. The lowest BCUT2D eigenvalue weighted by atomic mass is 9.74. The third-order valence-electron chi connectivity index (χ3n) is 4.66. The fourth-order valence-corrected chi connectivity index (χ4v) is 3.45. The molecule has 0 saturated carbocycles. The molecule has 2 heteroatoms. The lowest BCUT2D eigenvalue weighted by Crippen LogP contribution is -2.47. The summed E-state index contributed by atoms with van der Waals surface area (Å²) in [5.74, 6) is 0.280. The summed E-state index contributed by atoms with van der Waals surface area (Å²) in [6, 6.07) is 8.66. The molecule has 1 fully saturated rings. The molecule has 106 valence electrons. The Kier molecular flexibility index (Phi) is 3.00. The Balaban J connectivity index is 1.77. The van der Waals surface area contributed by atoms with Crippen molar-refractivity contribution in [3.05, 3.63) is 41.5 Å². The number of amides is 1. The normalized spacial score (nSPS) is 20.2. The number of likely N-dealkylation sites (tertiary alicyclic amines) is 1. The SMILES string of the molecule is CC(C)(C)C(=O)N1CCC2(C=Cc3ccccc32)CC1. The van der Waals surface area contributed by atoms with Crippen LogP contribution < -0.4 is 0 Å². The van der Waals surface area contributed by atoms with Crippen LogP contribution in [0.3, 0.4) is 0 Å². The summed E-state index contributed by atoms with van der Waals surface area (Å²) in [7, 11) is 0. The van der Waals surface area contributed by atoms with Gasteiger partial charge >= 0.3 is 0 Å². The lowest BCUT2D eigenvalue weighted by Gasteiger charge is -2.41. The summed E-state index contributed by atoms with van der Waals surface area (Å²) in [6.07, 6.45) is 6.69. The fraction of sp³-hybridized carbons (Fsp3) is 0.500. The van der Waals surface area contributed by atoms with Gasteiger partial charge in [0.15, 0.2) is 0 Å². The number of hydrogen-bond acceptors (Lipinski definition) is 1. The van der Waals surface area contributed by atoms with Gasteiger partial charge in [-0.1, -0.05) is 57.2 Å². The van der Waals surface area contributed by atoms with Crippen molar-refractivity contribution >= 4 is 12.0 Å². The van der Waals surface area contributed by atoms with Crippen LogP contribution in [0.4, 0.5) is 0 Å². The molecule has 1 aliphatic carbocycles. The van der Waals surface area contributed by atoms with Gasteiger partial charge in [0.25, 0.3) is 0 Å². The smallest absolute Gasteiger partial charge is 0.227 e. The van der Waals surface area contributed by atoms with E-state index in [1.54, 1.807) is 0 Å². The fourth-order valence-electron chi connectivity index (χ4n) is 3.45. The van der Waals surface area contributed by atoms with Gasteiger partial charge in [0.05, 0.1) is 0 Å². The van der Waals surface area contributed by atoms with E-state index in [4.69, 9.17) is 0 Å². The topological polar surface area (TPSA) is 20.3 Å². The Morgan fingerprint density at radius 3 is 2.45 bits per heavy atom. The molecule has 0 unspecified atom stereocenters. The maximum atomic E-state index is 12.4. The number of benzene rings is 1. The van der Waals surface area contributed by atoms with Crippen LogP contribution in [-0.2, 0) is 10.2 Å². The largest absolute Gasteiger partial charge is 0.342 e. The highest BCUT2D eigenvalue weighted by Gasteiger charge is 2.40. The molecule has 1 aliphatic heterocycles. The minimum Gasteiger partial charge on any atom is -0.342 e. The van der Waals surface area contributed by atoms with Crippen molar-refractivity contribution in [2.45, 2.75) is 39.0 Å². The number of fused-ring (bicyclic) bond motifs is 2. The molecule has 0 bridgehead atoms. The Morgan fingerprint density at radius 2 is 1.80 bits per heavy atom. The zero-order chi connectivity index (χ0) is 14.4. The molecule has 0 radical (unpaired) electrons. The number of nitrogens with zero attached hydrogens (tertiary/aromatic N) is 1. The first-order valence-electron chi connectivity index (χ1n) is 7.51. The van der Waals surface area contributed by atoms with Crippen molar-refractivity contribution in [1.29, 1.82) is 0 Å². The first kappa shape index (κ1) is 13.4. The quantitative estimate of drug-likeness (QED) is 0.704. The Morgan fingerprint density at radius 1 is 1.15 bits per heavy atom. The van der Waals surface area contributed by atoms with Gasteiger partial charge in [-0.25, -0.2) is 0 Å². The first-order valence-corrected chi connectivity index (χ1v) is 7.51. The highest BCUT2D eigenvalue weighted by atomic mass is 16.2. The molecule has 1 aromatic carbocycles. The molecule has 0 aromatic heterocycles. The third-order valence-corrected chi connectivity index (χ3v) is 4.66. The van der Waals surface area contributed by atoms with E-state index in [-0.39, 0.29) is 16.7 Å². The second kappa shape index (κ2) is 4.47. The van der Waals surface area contributed by atoms with Crippen molar-refractivity contribution in [2.75, 3.05) is 13.1 Å². The summed E-state index contributed by atoms with van der Waals surface area (Å²) < 4.78 is 0. The summed E-state index contributed by atoms with van der Waals surface area (Å²) >= 11 is 0. The Labute approximate surface area is 121 Å². The van der Waals surface area contributed by atoms with Crippen LogP contribution in [0.5, 0.6) is 0 Å². The maximum Gasteiger partial charge on any atom is 0.227 e. The average Bonchev–Trinajstić information content (AvgIpc) is 2.78. The molecule has 1 spiro atoms. The molecular weight excluding hydrogens is 246 g/mol. The van der Waals surface area contributed by atoms with Crippen LogP contribution in [0.25, 0.3) is 6.08 Å². The van der Waals surface area contributed by atoms with E-state index in [1.165, 1.54) is 11.1 Å². The minimum absolute atomic E-state index is 0.172. The van der Waals surface area contributed by atoms with Crippen molar-refractivity contribution in [3.63, 3.8) is 0 Å². The van der Waals surface area contributed by atoms with Gasteiger partial charge in [-0.05, 0) is 24.0 Å². The Hall–Kier alpha value is -1.57. The average molecular weight is 269 g/mol. The second-order valence-electron chi connectivity index (χ2n) is 7.12. The molecule has 3 rings (SSSR count). The molecular formula is C18H23NO.